The Hall–Kier alpha value is -3.20. The highest BCUT2D eigenvalue weighted by atomic mass is 32.1. The van der Waals surface area contributed by atoms with Crippen molar-refractivity contribution in [2.75, 3.05) is 0 Å². The molecule has 1 aromatic heterocycles. The second-order valence-corrected chi connectivity index (χ2v) is 10.5. The maximum absolute atomic E-state index is 5.97. The average Bonchev–Trinajstić information content (AvgIpc) is 3.47. The molecule has 0 radical (unpaired) electrons. The number of ether oxygens (including phenoxy) is 1. The van der Waals surface area contributed by atoms with E-state index in [4.69, 9.17) is 26.4 Å². The lowest BCUT2D eigenvalue weighted by molar-refractivity contribution is 0.509. The zero-order valence-corrected chi connectivity index (χ0v) is 17.7. The molecule has 0 spiro atoms. The molecule has 0 atom stereocenters. The summed E-state index contributed by atoms with van der Waals surface area (Å²) in [6.07, 6.45) is 1.61. The minimum absolute atomic E-state index is 0.395. The predicted octanol–water partition coefficient (Wildman–Crippen LogP) is 4.51. The Bertz CT molecular complexity index is 1160. The molecule has 0 bridgehead atoms. The third-order valence-corrected chi connectivity index (χ3v) is 9.64. The summed E-state index contributed by atoms with van der Waals surface area (Å²) in [5.74, 6) is 0.979. The number of rotatable bonds is 4. The average molecular weight is 427 g/mol. The van der Waals surface area contributed by atoms with Crippen molar-refractivity contribution in [3.05, 3.63) is 115 Å². The summed E-state index contributed by atoms with van der Waals surface area (Å²) in [7, 11) is 0. The van der Waals surface area contributed by atoms with Crippen LogP contribution in [0.5, 0.6) is 0 Å². The van der Waals surface area contributed by atoms with E-state index in [0.29, 0.717) is 16.7 Å². The highest BCUT2D eigenvalue weighted by Crippen LogP contribution is 2.47. The third kappa shape index (κ3) is 3.06. The summed E-state index contributed by atoms with van der Waals surface area (Å²) < 4.78 is 11.5. The minimum Gasteiger partial charge on any atom is -0.459 e. The largest absolute Gasteiger partial charge is 0.459 e. The summed E-state index contributed by atoms with van der Waals surface area (Å²) in [4.78, 5) is 4.94. The van der Waals surface area contributed by atoms with Gasteiger partial charge in [-0.25, -0.2) is 4.99 Å². The summed E-state index contributed by atoms with van der Waals surface area (Å²) in [6, 6.07) is 35.0. The Kier molecular flexibility index (Phi) is 4.96. The molecule has 2 heterocycles. The second-order valence-electron chi connectivity index (χ2n) is 6.78. The van der Waals surface area contributed by atoms with Crippen LogP contribution in [0.4, 0.5) is 0 Å². The van der Waals surface area contributed by atoms with Crippen molar-refractivity contribution in [1.29, 1.82) is 0 Å². The summed E-state index contributed by atoms with van der Waals surface area (Å²) in [6.45, 7) is -2.37. The van der Waals surface area contributed by atoms with Crippen molar-refractivity contribution in [1.82, 2.24) is 0 Å². The maximum atomic E-state index is 5.97. The van der Waals surface area contributed by atoms with E-state index in [-0.39, 0.29) is 0 Å². The van der Waals surface area contributed by atoms with Gasteiger partial charge in [0.1, 0.15) is 5.42 Å². The fraction of sp³-hybridized carbons (Fsp3) is 0. The molecule has 0 saturated carbocycles. The molecule has 0 saturated heterocycles. The van der Waals surface area contributed by atoms with E-state index in [2.05, 4.69) is 72.8 Å². The summed E-state index contributed by atoms with van der Waals surface area (Å²) in [5, 5.41) is 3.92. The molecule has 0 unspecified atom stereocenters. The van der Waals surface area contributed by atoms with Crippen molar-refractivity contribution in [2.45, 2.75) is 0 Å². The number of thiocarbonyl (C=S) groups is 1. The van der Waals surface area contributed by atoms with E-state index in [1.807, 2.05) is 30.3 Å². The molecule has 30 heavy (non-hydrogen) atoms. The normalized spacial score (nSPS) is 13.8. The zero-order valence-electron chi connectivity index (χ0n) is 16.0. The Morgan fingerprint density at radius 2 is 1.13 bits per heavy atom. The van der Waals surface area contributed by atoms with Crippen LogP contribution < -0.4 is 15.9 Å². The number of hydrogen-bond acceptors (Lipinski definition) is 3. The lowest BCUT2D eigenvalue weighted by atomic mass is 10.4. The standard InChI is InChI=1S/C25H18NO2PS/c30-25-24(26-23(28-25)22-17-10-18-27-22)29(19-11-4-1-5-12-19,20-13-6-2-7-14-20)21-15-8-3-9-16-21/h1-18H. The second kappa shape index (κ2) is 7.91. The van der Waals surface area contributed by atoms with Crippen LogP contribution in [-0.4, -0.2) is 16.4 Å². The Morgan fingerprint density at radius 3 is 1.57 bits per heavy atom. The fourth-order valence-electron chi connectivity index (χ4n) is 3.78. The summed E-state index contributed by atoms with van der Waals surface area (Å²) >= 11 is 5.75. The molecule has 3 aromatic carbocycles. The molecule has 146 valence electrons. The van der Waals surface area contributed by atoms with Gasteiger partial charge in [-0.3, -0.25) is 0 Å². The first-order valence-corrected chi connectivity index (χ1v) is 11.8. The number of furan rings is 1. The molecule has 5 heteroatoms. The molecular formula is C25H18NO2PS. The molecule has 0 aliphatic carbocycles. The van der Waals surface area contributed by atoms with E-state index in [1.165, 1.54) is 15.9 Å². The molecule has 3 nitrogen and oxygen atoms in total. The molecule has 0 N–H and O–H groups in total. The fourth-order valence-corrected chi connectivity index (χ4v) is 8.37. The first-order valence-electron chi connectivity index (χ1n) is 9.58. The van der Waals surface area contributed by atoms with Crippen LogP contribution in [0.3, 0.4) is 0 Å². The van der Waals surface area contributed by atoms with Gasteiger partial charge in [-0.05, 0) is 40.3 Å². The molecule has 1 aliphatic rings. The lowest BCUT2D eigenvalue weighted by Crippen LogP contribution is -2.31. The van der Waals surface area contributed by atoms with Gasteiger partial charge in [-0.2, -0.15) is 0 Å². The first-order chi connectivity index (χ1) is 14.8. The van der Waals surface area contributed by atoms with E-state index >= 15 is 0 Å². The van der Waals surface area contributed by atoms with Crippen LogP contribution in [-0.2, 0) is 4.74 Å². The van der Waals surface area contributed by atoms with E-state index in [9.17, 15) is 0 Å². The van der Waals surface area contributed by atoms with Crippen LogP contribution in [0.15, 0.2) is 119 Å². The van der Waals surface area contributed by atoms with Gasteiger partial charge < -0.3 is 9.15 Å². The molecule has 5 rings (SSSR count). The van der Waals surface area contributed by atoms with Crippen LogP contribution in [0, 0.1) is 0 Å². The van der Waals surface area contributed by atoms with E-state index in [1.54, 1.807) is 6.26 Å². The maximum Gasteiger partial charge on any atom is 0.264 e. The topological polar surface area (TPSA) is 34.7 Å². The van der Waals surface area contributed by atoms with Crippen LogP contribution >= 0.6 is 19.1 Å². The SMILES string of the molecule is S=C1OC(c2ccco2)=NC1=P(c1ccccc1)(c1ccccc1)c1ccccc1. The number of aliphatic imine (C=N–C) groups is 1. The molecule has 0 fully saturated rings. The van der Waals surface area contributed by atoms with E-state index < -0.39 is 6.89 Å². The number of nitrogens with zero attached hydrogens (tertiary/aromatic N) is 1. The number of hydrogen-bond donors (Lipinski definition) is 0. The quantitative estimate of drug-likeness (QED) is 0.355. The molecule has 4 aromatic rings. The van der Waals surface area contributed by atoms with Gasteiger partial charge >= 0.3 is 0 Å². The monoisotopic (exact) mass is 427 g/mol. The lowest BCUT2D eigenvalue weighted by Gasteiger charge is -2.29. The van der Waals surface area contributed by atoms with Crippen LogP contribution in [0.25, 0.3) is 0 Å². The first kappa shape index (κ1) is 18.8. The van der Waals surface area contributed by atoms with Gasteiger partial charge in [0.2, 0.25) is 5.05 Å². The van der Waals surface area contributed by atoms with Gasteiger partial charge in [-0.1, -0.05) is 91.0 Å². The van der Waals surface area contributed by atoms with E-state index in [0.717, 1.165) is 5.42 Å². The van der Waals surface area contributed by atoms with Crippen LogP contribution in [0.1, 0.15) is 5.76 Å². The zero-order chi connectivity index (χ0) is 20.4. The van der Waals surface area contributed by atoms with Crippen molar-refractivity contribution in [3.63, 3.8) is 0 Å². The summed E-state index contributed by atoms with van der Waals surface area (Å²) in [5.41, 5.74) is 0.785. The Morgan fingerprint density at radius 1 is 0.633 bits per heavy atom. The highest BCUT2D eigenvalue weighted by Gasteiger charge is 2.36. The van der Waals surface area contributed by atoms with Gasteiger partial charge in [0.15, 0.2) is 5.76 Å². The van der Waals surface area contributed by atoms with Crippen molar-refractivity contribution in [2.24, 2.45) is 4.99 Å². The van der Waals surface area contributed by atoms with Crippen molar-refractivity contribution in [3.8, 4) is 0 Å². The van der Waals surface area contributed by atoms with Crippen molar-refractivity contribution >= 4 is 51.4 Å². The van der Waals surface area contributed by atoms with Gasteiger partial charge in [0.05, 0.1) is 6.26 Å². The van der Waals surface area contributed by atoms with Gasteiger partial charge in [0, 0.05) is 6.89 Å². The molecule has 1 aliphatic heterocycles. The van der Waals surface area contributed by atoms with Gasteiger partial charge in [0.25, 0.3) is 5.90 Å². The highest BCUT2D eigenvalue weighted by molar-refractivity contribution is 7.98. The predicted molar refractivity (Wildman–Crippen MR) is 129 cm³/mol. The Labute approximate surface area is 180 Å². The third-order valence-electron chi connectivity index (χ3n) is 5.06. The van der Waals surface area contributed by atoms with Crippen molar-refractivity contribution < 1.29 is 9.15 Å². The smallest absolute Gasteiger partial charge is 0.264 e. The number of benzene rings is 3. The molecular weight excluding hydrogens is 409 g/mol. The van der Waals surface area contributed by atoms with Crippen LogP contribution in [0.2, 0.25) is 0 Å². The Balaban J connectivity index is 1.95. The molecule has 0 amide bonds. The minimum atomic E-state index is -2.37. The van der Waals surface area contributed by atoms with Gasteiger partial charge in [-0.15, -0.1) is 0 Å².